The first-order chi connectivity index (χ1) is 12.3. The van der Waals surface area contributed by atoms with Crippen LogP contribution in [-0.2, 0) is 4.79 Å². The molecule has 25 heavy (non-hydrogen) atoms. The van der Waals surface area contributed by atoms with E-state index >= 15 is 0 Å². The number of rotatable bonds is 12. The highest BCUT2D eigenvalue weighted by atomic mass is 32.2. The molecule has 2 rings (SSSR count). The zero-order valence-electron chi connectivity index (χ0n) is 15.4. The SMILES string of the molecule is CCCCCCCCCCSCC(=O)Nc1cccc2ccccc12. The molecule has 0 radical (unpaired) electrons. The van der Waals surface area contributed by atoms with E-state index < -0.39 is 0 Å². The van der Waals surface area contributed by atoms with Crippen LogP contribution in [0.5, 0.6) is 0 Å². The summed E-state index contributed by atoms with van der Waals surface area (Å²) in [6.45, 7) is 2.26. The van der Waals surface area contributed by atoms with Crippen LogP contribution in [0.15, 0.2) is 42.5 Å². The van der Waals surface area contributed by atoms with Gasteiger partial charge in [-0.25, -0.2) is 0 Å². The molecule has 1 amide bonds. The molecule has 0 bridgehead atoms. The second-order valence-corrected chi connectivity index (χ2v) is 7.71. The van der Waals surface area contributed by atoms with Gasteiger partial charge in [0.2, 0.25) is 5.91 Å². The maximum atomic E-state index is 12.2. The topological polar surface area (TPSA) is 29.1 Å². The molecule has 2 aromatic carbocycles. The lowest BCUT2D eigenvalue weighted by atomic mass is 10.1. The summed E-state index contributed by atoms with van der Waals surface area (Å²) >= 11 is 1.75. The maximum Gasteiger partial charge on any atom is 0.234 e. The lowest BCUT2D eigenvalue weighted by Gasteiger charge is -2.08. The Morgan fingerprint density at radius 1 is 0.880 bits per heavy atom. The fraction of sp³-hybridized carbons (Fsp3) is 0.500. The van der Waals surface area contributed by atoms with E-state index in [1.165, 1.54) is 51.4 Å². The number of carbonyl (C=O) groups is 1. The Bertz CT molecular complexity index is 635. The number of benzene rings is 2. The largest absolute Gasteiger partial charge is 0.325 e. The quantitative estimate of drug-likeness (QED) is 0.431. The summed E-state index contributed by atoms with van der Waals surface area (Å²) in [4.78, 5) is 12.2. The zero-order valence-corrected chi connectivity index (χ0v) is 16.2. The van der Waals surface area contributed by atoms with Crippen molar-refractivity contribution in [2.75, 3.05) is 16.8 Å². The van der Waals surface area contributed by atoms with Gasteiger partial charge in [0.1, 0.15) is 0 Å². The Morgan fingerprint density at radius 2 is 1.56 bits per heavy atom. The number of unbranched alkanes of at least 4 members (excludes halogenated alkanes) is 7. The molecule has 2 nitrogen and oxygen atoms in total. The van der Waals surface area contributed by atoms with E-state index in [2.05, 4.69) is 30.4 Å². The predicted octanol–water partition coefficient (Wildman–Crippen LogP) is 6.65. The van der Waals surface area contributed by atoms with Crippen LogP contribution in [0.2, 0.25) is 0 Å². The highest BCUT2D eigenvalue weighted by Gasteiger charge is 2.05. The maximum absolute atomic E-state index is 12.2. The number of fused-ring (bicyclic) bond motifs is 1. The number of carbonyl (C=O) groups excluding carboxylic acids is 1. The van der Waals surface area contributed by atoms with Crippen molar-refractivity contribution < 1.29 is 4.79 Å². The van der Waals surface area contributed by atoms with Gasteiger partial charge in [-0.05, 0) is 23.6 Å². The van der Waals surface area contributed by atoms with E-state index in [9.17, 15) is 4.79 Å². The first kappa shape index (κ1) is 19.8. The monoisotopic (exact) mass is 357 g/mol. The summed E-state index contributed by atoms with van der Waals surface area (Å²) in [6, 6.07) is 14.2. The van der Waals surface area contributed by atoms with Gasteiger partial charge in [-0.15, -0.1) is 0 Å². The minimum absolute atomic E-state index is 0.0981. The van der Waals surface area contributed by atoms with Gasteiger partial charge in [-0.3, -0.25) is 4.79 Å². The smallest absolute Gasteiger partial charge is 0.234 e. The van der Waals surface area contributed by atoms with Crippen molar-refractivity contribution in [3.05, 3.63) is 42.5 Å². The van der Waals surface area contributed by atoms with Gasteiger partial charge < -0.3 is 5.32 Å². The van der Waals surface area contributed by atoms with Gasteiger partial charge in [0.25, 0.3) is 0 Å². The molecule has 136 valence electrons. The molecule has 0 heterocycles. The van der Waals surface area contributed by atoms with E-state index in [-0.39, 0.29) is 5.91 Å². The minimum Gasteiger partial charge on any atom is -0.325 e. The Kier molecular flexibility index (Phi) is 9.50. The van der Waals surface area contributed by atoms with Gasteiger partial charge in [0, 0.05) is 11.1 Å². The lowest BCUT2D eigenvalue weighted by molar-refractivity contribution is -0.113. The lowest BCUT2D eigenvalue weighted by Crippen LogP contribution is -2.14. The molecule has 0 atom stereocenters. The Labute approximate surface area is 156 Å². The normalized spacial score (nSPS) is 10.9. The number of amides is 1. The van der Waals surface area contributed by atoms with Gasteiger partial charge in [-0.1, -0.05) is 88.3 Å². The van der Waals surface area contributed by atoms with Gasteiger partial charge in [0.15, 0.2) is 0 Å². The third kappa shape index (κ3) is 7.52. The number of anilines is 1. The summed E-state index contributed by atoms with van der Waals surface area (Å²) in [5, 5.41) is 5.32. The van der Waals surface area contributed by atoms with Crippen LogP contribution in [0, 0.1) is 0 Å². The van der Waals surface area contributed by atoms with E-state index in [1.807, 2.05) is 24.3 Å². The first-order valence-corrected chi connectivity index (χ1v) is 10.8. The Balaban J connectivity index is 1.58. The summed E-state index contributed by atoms with van der Waals surface area (Å²) in [5.74, 6) is 1.72. The van der Waals surface area contributed by atoms with Gasteiger partial charge in [-0.2, -0.15) is 11.8 Å². The fourth-order valence-electron chi connectivity index (χ4n) is 3.02. The number of hydrogen-bond acceptors (Lipinski definition) is 2. The van der Waals surface area contributed by atoms with Crippen LogP contribution in [0.25, 0.3) is 10.8 Å². The van der Waals surface area contributed by atoms with Crippen molar-refractivity contribution in [1.82, 2.24) is 0 Å². The first-order valence-electron chi connectivity index (χ1n) is 9.66. The van der Waals surface area contributed by atoms with Crippen LogP contribution >= 0.6 is 11.8 Å². The van der Waals surface area contributed by atoms with E-state index in [4.69, 9.17) is 0 Å². The van der Waals surface area contributed by atoms with Crippen molar-refractivity contribution in [2.24, 2.45) is 0 Å². The molecular weight excluding hydrogens is 326 g/mol. The number of thioether (sulfide) groups is 1. The van der Waals surface area contributed by atoms with Crippen LogP contribution in [0.4, 0.5) is 5.69 Å². The molecule has 0 spiro atoms. The highest BCUT2D eigenvalue weighted by Crippen LogP contribution is 2.23. The average molecular weight is 358 g/mol. The molecule has 0 aliphatic carbocycles. The fourth-order valence-corrected chi connectivity index (χ4v) is 3.83. The van der Waals surface area contributed by atoms with Gasteiger partial charge >= 0.3 is 0 Å². The van der Waals surface area contributed by atoms with E-state index in [0.29, 0.717) is 5.75 Å². The molecule has 3 heteroatoms. The molecule has 0 aromatic heterocycles. The van der Waals surface area contributed by atoms with Crippen molar-refractivity contribution in [1.29, 1.82) is 0 Å². The minimum atomic E-state index is 0.0981. The van der Waals surface area contributed by atoms with E-state index in [0.717, 1.165) is 22.2 Å². The van der Waals surface area contributed by atoms with Crippen LogP contribution in [-0.4, -0.2) is 17.4 Å². The molecule has 1 N–H and O–H groups in total. The van der Waals surface area contributed by atoms with Crippen molar-refractivity contribution in [2.45, 2.75) is 58.3 Å². The predicted molar refractivity (Wildman–Crippen MR) is 113 cm³/mol. The summed E-state index contributed by atoms with van der Waals surface area (Å²) < 4.78 is 0. The van der Waals surface area contributed by atoms with Crippen molar-refractivity contribution in [3.8, 4) is 0 Å². The van der Waals surface area contributed by atoms with Crippen LogP contribution in [0.1, 0.15) is 58.3 Å². The standard InChI is InChI=1S/C22H31NOS/c1-2-3-4-5-6-7-8-11-17-25-18-22(24)23-21-16-12-14-19-13-9-10-15-20(19)21/h9-10,12-16H,2-8,11,17-18H2,1H3,(H,23,24). The van der Waals surface area contributed by atoms with Crippen LogP contribution < -0.4 is 5.32 Å². The summed E-state index contributed by atoms with van der Waals surface area (Å²) in [6.07, 6.45) is 10.7. The number of nitrogens with one attached hydrogen (secondary N) is 1. The number of hydrogen-bond donors (Lipinski definition) is 1. The third-order valence-corrected chi connectivity index (χ3v) is 5.48. The molecule has 0 unspecified atom stereocenters. The van der Waals surface area contributed by atoms with Crippen molar-refractivity contribution >= 4 is 34.1 Å². The summed E-state index contributed by atoms with van der Waals surface area (Å²) in [5.41, 5.74) is 0.913. The Morgan fingerprint density at radius 3 is 2.36 bits per heavy atom. The molecule has 0 saturated heterocycles. The molecular formula is C22H31NOS. The average Bonchev–Trinajstić information content (AvgIpc) is 2.63. The van der Waals surface area contributed by atoms with Gasteiger partial charge in [0.05, 0.1) is 5.75 Å². The molecule has 0 fully saturated rings. The second kappa shape index (κ2) is 12.0. The molecule has 0 saturated carbocycles. The van der Waals surface area contributed by atoms with Crippen LogP contribution in [0.3, 0.4) is 0 Å². The zero-order chi connectivity index (χ0) is 17.7. The van der Waals surface area contributed by atoms with Crippen molar-refractivity contribution in [3.63, 3.8) is 0 Å². The Hall–Kier alpha value is -1.48. The van der Waals surface area contributed by atoms with E-state index in [1.54, 1.807) is 11.8 Å². The highest BCUT2D eigenvalue weighted by molar-refractivity contribution is 7.99. The third-order valence-electron chi connectivity index (χ3n) is 4.44. The second-order valence-electron chi connectivity index (χ2n) is 6.60. The molecule has 0 aliphatic heterocycles. The molecule has 2 aromatic rings. The summed E-state index contributed by atoms with van der Waals surface area (Å²) in [7, 11) is 0. The molecule has 0 aliphatic rings.